The predicted octanol–water partition coefficient (Wildman–Crippen LogP) is 4.04. The third kappa shape index (κ3) is 4.82. The molecule has 5 rings (SSSR count). The molecule has 0 N–H and O–H groups in total. The molecule has 0 unspecified atom stereocenters. The van der Waals surface area contributed by atoms with Crippen LogP contribution < -0.4 is 4.90 Å². The van der Waals surface area contributed by atoms with Crippen molar-refractivity contribution in [3.63, 3.8) is 0 Å². The molecule has 1 amide bonds. The molecule has 0 saturated carbocycles. The van der Waals surface area contributed by atoms with Gasteiger partial charge < -0.3 is 23.5 Å². The number of hydrogen-bond donors (Lipinski definition) is 0. The van der Waals surface area contributed by atoms with Crippen LogP contribution in [-0.2, 0) is 11.3 Å². The molecule has 1 aromatic carbocycles. The van der Waals surface area contributed by atoms with Gasteiger partial charge in [0, 0.05) is 44.5 Å². The molecule has 0 bridgehead atoms. The zero-order valence-electron chi connectivity index (χ0n) is 19.4. The second-order valence-electron chi connectivity index (χ2n) is 8.43. The highest BCUT2D eigenvalue weighted by atomic mass is 16.3. The van der Waals surface area contributed by atoms with Crippen molar-refractivity contribution in [1.29, 1.82) is 0 Å². The number of piperazine rings is 1. The first kappa shape index (κ1) is 22.2. The van der Waals surface area contributed by atoms with Crippen molar-refractivity contribution in [1.82, 2.24) is 19.8 Å². The summed E-state index contributed by atoms with van der Waals surface area (Å²) in [6.07, 6.45) is 3.69. The van der Waals surface area contributed by atoms with E-state index in [0.717, 1.165) is 55.2 Å². The van der Waals surface area contributed by atoms with Crippen molar-refractivity contribution in [3.05, 3.63) is 66.8 Å². The Morgan fingerprint density at radius 1 is 0.971 bits per heavy atom. The summed E-state index contributed by atoms with van der Waals surface area (Å²) in [6, 6.07) is 15.4. The molecule has 4 aromatic rings. The van der Waals surface area contributed by atoms with Crippen LogP contribution in [0, 0.1) is 0 Å². The lowest BCUT2D eigenvalue weighted by atomic mass is 10.2. The lowest BCUT2D eigenvalue weighted by molar-refractivity contribution is -0.132. The number of hydrogen-bond acceptors (Lipinski definition) is 7. The van der Waals surface area contributed by atoms with E-state index in [9.17, 15) is 4.79 Å². The van der Waals surface area contributed by atoms with Crippen molar-refractivity contribution in [2.75, 3.05) is 44.2 Å². The summed E-state index contributed by atoms with van der Waals surface area (Å²) < 4.78 is 11.2. The van der Waals surface area contributed by atoms with Gasteiger partial charge in [0.1, 0.15) is 11.6 Å². The molecule has 8 nitrogen and oxygen atoms in total. The molecule has 4 heterocycles. The number of likely N-dealkylation sites (N-methyl/N-ethyl adjacent to an activating group) is 1. The van der Waals surface area contributed by atoms with E-state index in [0.29, 0.717) is 31.1 Å². The molecule has 0 spiro atoms. The number of aromatic nitrogens is 2. The van der Waals surface area contributed by atoms with E-state index in [1.165, 1.54) is 0 Å². The molecule has 0 aliphatic carbocycles. The fraction of sp³-hybridized carbons (Fsp3) is 0.346. The van der Waals surface area contributed by atoms with Crippen molar-refractivity contribution in [3.8, 4) is 11.6 Å². The van der Waals surface area contributed by atoms with Crippen LogP contribution >= 0.6 is 0 Å². The van der Waals surface area contributed by atoms with Crippen LogP contribution in [0.2, 0.25) is 0 Å². The number of benzene rings is 1. The largest absolute Gasteiger partial charge is 0.467 e. The second kappa shape index (κ2) is 10.1. The molecule has 3 aromatic heterocycles. The van der Waals surface area contributed by atoms with Crippen molar-refractivity contribution in [2.45, 2.75) is 19.9 Å². The quantitative estimate of drug-likeness (QED) is 0.393. The van der Waals surface area contributed by atoms with Gasteiger partial charge in [-0.05, 0) is 42.9 Å². The van der Waals surface area contributed by atoms with Gasteiger partial charge in [-0.3, -0.25) is 4.79 Å². The molecule has 1 aliphatic heterocycles. The number of carbonyl (C=O) groups excluding carboxylic acids is 1. The van der Waals surface area contributed by atoms with Crippen LogP contribution in [0.5, 0.6) is 0 Å². The molecule has 34 heavy (non-hydrogen) atoms. The lowest BCUT2D eigenvalue weighted by Crippen LogP contribution is -2.49. The van der Waals surface area contributed by atoms with Gasteiger partial charge in [0.15, 0.2) is 11.6 Å². The average Bonchev–Trinajstić information content (AvgIpc) is 3.60. The summed E-state index contributed by atoms with van der Waals surface area (Å²) >= 11 is 0. The molecule has 1 saturated heterocycles. The number of rotatable bonds is 8. The minimum Gasteiger partial charge on any atom is -0.467 e. The summed E-state index contributed by atoms with van der Waals surface area (Å²) in [4.78, 5) is 29.1. The third-order valence-electron chi connectivity index (χ3n) is 6.32. The summed E-state index contributed by atoms with van der Waals surface area (Å²) in [5.74, 6) is 2.87. The van der Waals surface area contributed by atoms with Gasteiger partial charge in [-0.25, -0.2) is 9.97 Å². The fourth-order valence-electron chi connectivity index (χ4n) is 4.37. The Balaban J connectivity index is 1.43. The van der Waals surface area contributed by atoms with Gasteiger partial charge in [0.2, 0.25) is 5.91 Å². The third-order valence-corrected chi connectivity index (χ3v) is 6.32. The first-order chi connectivity index (χ1) is 16.7. The molecule has 0 atom stereocenters. The Labute approximate surface area is 198 Å². The number of furan rings is 2. The van der Waals surface area contributed by atoms with E-state index < -0.39 is 0 Å². The highest BCUT2D eigenvalue weighted by molar-refractivity contribution is 5.91. The maximum Gasteiger partial charge on any atom is 0.224 e. The van der Waals surface area contributed by atoms with E-state index in [1.54, 1.807) is 12.5 Å². The summed E-state index contributed by atoms with van der Waals surface area (Å²) in [5.41, 5.74) is 0.824. The molecule has 0 radical (unpaired) electrons. The average molecular weight is 460 g/mol. The van der Waals surface area contributed by atoms with Crippen LogP contribution in [0.3, 0.4) is 0 Å². The monoisotopic (exact) mass is 459 g/mol. The number of carbonyl (C=O) groups is 1. The molecule has 8 heteroatoms. The number of para-hydroxylation sites is 1. The molecular weight excluding hydrogens is 430 g/mol. The second-order valence-corrected chi connectivity index (χ2v) is 8.43. The summed E-state index contributed by atoms with van der Waals surface area (Å²) in [6.45, 7) is 7.63. The van der Waals surface area contributed by atoms with Gasteiger partial charge >= 0.3 is 0 Å². The van der Waals surface area contributed by atoms with E-state index in [1.807, 2.05) is 53.4 Å². The first-order valence-corrected chi connectivity index (χ1v) is 11.8. The zero-order valence-corrected chi connectivity index (χ0v) is 19.4. The molecule has 176 valence electrons. The van der Waals surface area contributed by atoms with Gasteiger partial charge in [0.25, 0.3) is 0 Å². The normalized spacial score (nSPS) is 14.6. The van der Waals surface area contributed by atoms with Crippen LogP contribution in [0.1, 0.15) is 19.1 Å². The number of nitrogens with zero attached hydrogens (tertiary/aromatic N) is 5. The maximum atomic E-state index is 13.1. The minimum absolute atomic E-state index is 0.171. The molecular formula is C26H29N5O3. The SMILES string of the molecule is CCN1CCN(C(=O)CCN(Cc2ccco2)c2nc(-c3ccco3)nc3ccccc23)CC1. The van der Waals surface area contributed by atoms with Gasteiger partial charge in [-0.15, -0.1) is 0 Å². The molecule has 1 fully saturated rings. The smallest absolute Gasteiger partial charge is 0.224 e. The topological polar surface area (TPSA) is 78.9 Å². The van der Waals surface area contributed by atoms with E-state index in [-0.39, 0.29) is 5.91 Å². The van der Waals surface area contributed by atoms with E-state index >= 15 is 0 Å². The summed E-state index contributed by atoms with van der Waals surface area (Å²) in [5, 5.41) is 0.924. The number of anilines is 1. The minimum atomic E-state index is 0.171. The van der Waals surface area contributed by atoms with E-state index in [2.05, 4.69) is 16.7 Å². The van der Waals surface area contributed by atoms with E-state index in [4.69, 9.17) is 18.8 Å². The summed E-state index contributed by atoms with van der Waals surface area (Å²) in [7, 11) is 0. The Morgan fingerprint density at radius 3 is 2.50 bits per heavy atom. The standard InChI is InChI=1S/C26H29N5O3/c1-2-29-13-15-30(16-14-29)24(32)11-12-31(19-20-7-5-17-33-20)26-21-8-3-4-9-22(21)27-25(28-26)23-10-6-18-34-23/h3-10,17-18H,2,11-16,19H2,1H3. The molecule has 1 aliphatic rings. The van der Waals surface area contributed by atoms with Crippen molar-refractivity contribution >= 4 is 22.6 Å². The first-order valence-electron chi connectivity index (χ1n) is 11.8. The highest BCUT2D eigenvalue weighted by Crippen LogP contribution is 2.29. The fourth-order valence-corrected chi connectivity index (χ4v) is 4.37. The van der Waals surface area contributed by atoms with Gasteiger partial charge in [-0.1, -0.05) is 19.1 Å². The Bertz CT molecular complexity index is 1210. The van der Waals surface area contributed by atoms with Gasteiger partial charge in [0.05, 0.1) is 24.6 Å². The lowest BCUT2D eigenvalue weighted by Gasteiger charge is -2.34. The number of fused-ring (bicyclic) bond motifs is 1. The predicted molar refractivity (Wildman–Crippen MR) is 130 cm³/mol. The van der Waals surface area contributed by atoms with Crippen LogP contribution in [0.25, 0.3) is 22.5 Å². The number of amides is 1. The maximum absolute atomic E-state index is 13.1. The van der Waals surface area contributed by atoms with Crippen LogP contribution in [-0.4, -0.2) is 64.9 Å². The van der Waals surface area contributed by atoms with Gasteiger partial charge in [-0.2, -0.15) is 0 Å². The van der Waals surface area contributed by atoms with Crippen molar-refractivity contribution < 1.29 is 13.6 Å². The van der Waals surface area contributed by atoms with Crippen LogP contribution in [0.15, 0.2) is 69.9 Å². The Hall–Kier alpha value is -3.65. The van der Waals surface area contributed by atoms with Crippen molar-refractivity contribution in [2.24, 2.45) is 0 Å². The highest BCUT2D eigenvalue weighted by Gasteiger charge is 2.23. The van der Waals surface area contributed by atoms with Crippen LogP contribution in [0.4, 0.5) is 5.82 Å². The Morgan fingerprint density at radius 2 is 1.76 bits per heavy atom. The Kier molecular flexibility index (Phi) is 6.58. The zero-order chi connectivity index (χ0) is 23.3.